The quantitative estimate of drug-likeness (QED) is 0.361. The molecular formula is C22H46O. The zero-order valence-corrected chi connectivity index (χ0v) is 18.0. The lowest BCUT2D eigenvalue weighted by Crippen LogP contribution is -2.32. The Labute approximate surface area is 148 Å². The van der Waals surface area contributed by atoms with Crippen molar-refractivity contribution in [3.63, 3.8) is 0 Å². The van der Waals surface area contributed by atoms with Crippen LogP contribution in [0.3, 0.4) is 0 Å². The molecule has 0 fully saturated rings. The van der Waals surface area contributed by atoms with Gasteiger partial charge in [-0.05, 0) is 48.3 Å². The molecule has 0 aromatic heterocycles. The van der Waals surface area contributed by atoms with E-state index in [-0.39, 0.29) is 0 Å². The van der Waals surface area contributed by atoms with E-state index in [2.05, 4.69) is 69.2 Å². The standard InChI is InChI=1S/C22H46O/c1-11-21(7,8)15-19(13-17(3)4)23-20(14-18(5)6)16-22(9,10)12-2/h17-20H,11-16H2,1-10H3. The third kappa shape index (κ3) is 11.2. The molecule has 1 nitrogen and oxygen atoms in total. The summed E-state index contributed by atoms with van der Waals surface area (Å²) in [6, 6.07) is 0. The molecule has 0 aromatic rings. The Morgan fingerprint density at radius 1 is 0.652 bits per heavy atom. The molecule has 0 radical (unpaired) electrons. The Hall–Kier alpha value is -0.0400. The molecule has 0 aromatic carbocycles. The minimum absolute atomic E-state index is 0.377. The van der Waals surface area contributed by atoms with Gasteiger partial charge in [-0.2, -0.15) is 0 Å². The predicted molar refractivity (Wildman–Crippen MR) is 105 cm³/mol. The van der Waals surface area contributed by atoms with Gasteiger partial charge in [0, 0.05) is 0 Å². The van der Waals surface area contributed by atoms with Crippen LogP contribution in [0.15, 0.2) is 0 Å². The van der Waals surface area contributed by atoms with Gasteiger partial charge in [-0.3, -0.25) is 0 Å². The first-order chi connectivity index (χ1) is 10.4. The fourth-order valence-electron chi connectivity index (χ4n) is 3.22. The van der Waals surface area contributed by atoms with Crippen LogP contribution < -0.4 is 0 Å². The van der Waals surface area contributed by atoms with Gasteiger partial charge >= 0.3 is 0 Å². The van der Waals surface area contributed by atoms with Gasteiger partial charge in [0.1, 0.15) is 0 Å². The fourth-order valence-corrected chi connectivity index (χ4v) is 3.22. The van der Waals surface area contributed by atoms with Gasteiger partial charge in [0.05, 0.1) is 12.2 Å². The molecule has 140 valence electrons. The van der Waals surface area contributed by atoms with E-state index >= 15 is 0 Å². The molecular weight excluding hydrogens is 280 g/mol. The van der Waals surface area contributed by atoms with Crippen LogP contribution in [-0.2, 0) is 4.74 Å². The highest BCUT2D eigenvalue weighted by Crippen LogP contribution is 2.34. The lowest BCUT2D eigenvalue weighted by molar-refractivity contribution is -0.0664. The Kier molecular flexibility index (Phi) is 10.0. The molecule has 0 bridgehead atoms. The normalized spacial score (nSPS) is 16.2. The molecule has 0 amide bonds. The van der Waals surface area contributed by atoms with E-state index in [0.717, 1.165) is 0 Å². The second-order valence-corrected chi connectivity index (χ2v) is 10.1. The van der Waals surface area contributed by atoms with E-state index in [4.69, 9.17) is 4.74 Å². The van der Waals surface area contributed by atoms with Gasteiger partial charge in [-0.1, -0.05) is 82.1 Å². The molecule has 1 heteroatoms. The maximum atomic E-state index is 6.75. The Morgan fingerprint density at radius 3 is 1.17 bits per heavy atom. The second kappa shape index (κ2) is 10.1. The maximum absolute atomic E-state index is 6.75. The average molecular weight is 327 g/mol. The van der Waals surface area contributed by atoms with Crippen molar-refractivity contribution < 1.29 is 4.74 Å². The lowest BCUT2D eigenvalue weighted by atomic mass is 9.81. The predicted octanol–water partition coefficient (Wildman–Crippen LogP) is 7.49. The van der Waals surface area contributed by atoms with Crippen molar-refractivity contribution in [2.45, 2.75) is 120 Å². The molecule has 0 N–H and O–H groups in total. The van der Waals surface area contributed by atoms with Gasteiger partial charge < -0.3 is 4.74 Å². The van der Waals surface area contributed by atoms with Crippen molar-refractivity contribution in [3.05, 3.63) is 0 Å². The molecule has 2 unspecified atom stereocenters. The highest BCUT2D eigenvalue weighted by Gasteiger charge is 2.28. The van der Waals surface area contributed by atoms with Crippen LogP contribution in [0.2, 0.25) is 0 Å². The van der Waals surface area contributed by atoms with Gasteiger partial charge in [0.2, 0.25) is 0 Å². The Bertz CT molecular complexity index is 271. The van der Waals surface area contributed by atoms with Crippen molar-refractivity contribution in [2.75, 3.05) is 0 Å². The van der Waals surface area contributed by atoms with E-state index in [9.17, 15) is 0 Å². The lowest BCUT2D eigenvalue weighted by Gasteiger charge is -2.36. The summed E-state index contributed by atoms with van der Waals surface area (Å²) in [6.45, 7) is 23.4. The summed E-state index contributed by atoms with van der Waals surface area (Å²) in [5.74, 6) is 1.40. The summed E-state index contributed by atoms with van der Waals surface area (Å²) in [5, 5.41) is 0. The summed E-state index contributed by atoms with van der Waals surface area (Å²) in [6.07, 6.45) is 7.99. The summed E-state index contributed by atoms with van der Waals surface area (Å²) >= 11 is 0. The van der Waals surface area contributed by atoms with E-state index < -0.39 is 0 Å². The molecule has 0 aliphatic heterocycles. The first-order valence-electron chi connectivity index (χ1n) is 10.1. The van der Waals surface area contributed by atoms with Crippen molar-refractivity contribution >= 4 is 0 Å². The van der Waals surface area contributed by atoms with Gasteiger partial charge in [-0.15, -0.1) is 0 Å². The SMILES string of the molecule is CCC(C)(C)CC(CC(C)C)OC(CC(C)C)CC(C)(C)CC. The minimum atomic E-state index is 0.377. The van der Waals surface area contributed by atoms with Crippen molar-refractivity contribution in [1.29, 1.82) is 0 Å². The highest BCUT2D eigenvalue weighted by molar-refractivity contribution is 4.78. The number of hydrogen-bond donors (Lipinski definition) is 0. The second-order valence-electron chi connectivity index (χ2n) is 10.1. The maximum Gasteiger partial charge on any atom is 0.0586 e. The molecule has 0 aliphatic carbocycles. The van der Waals surface area contributed by atoms with Crippen LogP contribution in [0, 0.1) is 22.7 Å². The highest BCUT2D eigenvalue weighted by atomic mass is 16.5. The van der Waals surface area contributed by atoms with Crippen LogP contribution in [-0.4, -0.2) is 12.2 Å². The molecule has 2 atom stereocenters. The zero-order chi connectivity index (χ0) is 18.3. The minimum Gasteiger partial charge on any atom is -0.375 e. The Balaban J connectivity index is 5.01. The fraction of sp³-hybridized carbons (Fsp3) is 1.00. The van der Waals surface area contributed by atoms with Crippen LogP contribution in [0.25, 0.3) is 0 Å². The van der Waals surface area contributed by atoms with E-state index in [1.165, 1.54) is 38.5 Å². The number of rotatable bonds is 12. The number of ether oxygens (including phenoxy) is 1. The van der Waals surface area contributed by atoms with Crippen molar-refractivity contribution in [2.24, 2.45) is 22.7 Å². The number of hydrogen-bond acceptors (Lipinski definition) is 1. The van der Waals surface area contributed by atoms with Crippen LogP contribution in [0.5, 0.6) is 0 Å². The Morgan fingerprint density at radius 2 is 0.957 bits per heavy atom. The zero-order valence-electron chi connectivity index (χ0n) is 18.0. The summed E-state index contributed by atoms with van der Waals surface area (Å²) < 4.78 is 6.75. The first-order valence-corrected chi connectivity index (χ1v) is 10.1. The van der Waals surface area contributed by atoms with Crippen LogP contribution in [0.4, 0.5) is 0 Å². The molecule has 23 heavy (non-hydrogen) atoms. The topological polar surface area (TPSA) is 9.23 Å². The smallest absolute Gasteiger partial charge is 0.0586 e. The molecule has 0 saturated heterocycles. The van der Waals surface area contributed by atoms with E-state index in [1.807, 2.05) is 0 Å². The molecule has 0 aliphatic rings. The van der Waals surface area contributed by atoms with Gasteiger partial charge in [0.15, 0.2) is 0 Å². The van der Waals surface area contributed by atoms with Crippen LogP contribution in [0.1, 0.15) is 108 Å². The van der Waals surface area contributed by atoms with E-state index in [0.29, 0.717) is 34.9 Å². The van der Waals surface area contributed by atoms with E-state index in [1.54, 1.807) is 0 Å². The molecule has 0 spiro atoms. The van der Waals surface area contributed by atoms with Crippen LogP contribution >= 0.6 is 0 Å². The summed E-state index contributed by atoms with van der Waals surface area (Å²) in [7, 11) is 0. The van der Waals surface area contributed by atoms with Crippen molar-refractivity contribution in [3.8, 4) is 0 Å². The summed E-state index contributed by atoms with van der Waals surface area (Å²) in [5.41, 5.74) is 0.754. The largest absolute Gasteiger partial charge is 0.375 e. The van der Waals surface area contributed by atoms with Crippen molar-refractivity contribution in [1.82, 2.24) is 0 Å². The summed E-state index contributed by atoms with van der Waals surface area (Å²) in [4.78, 5) is 0. The third-order valence-electron chi connectivity index (χ3n) is 5.33. The first kappa shape index (κ1) is 23.0. The van der Waals surface area contributed by atoms with Gasteiger partial charge in [0.25, 0.3) is 0 Å². The van der Waals surface area contributed by atoms with Gasteiger partial charge in [-0.25, -0.2) is 0 Å². The molecule has 0 heterocycles. The molecule has 0 rings (SSSR count). The monoisotopic (exact) mass is 326 g/mol. The molecule has 0 saturated carbocycles. The third-order valence-corrected chi connectivity index (χ3v) is 5.33. The average Bonchev–Trinajstić information content (AvgIpc) is 2.36.